The molecular weight excluding hydrogens is 222 g/mol. The minimum absolute atomic E-state index is 0.486. The second-order valence-corrected chi connectivity index (χ2v) is 4.30. The largest absolute Gasteiger partial charge is 0.489 e. The Kier molecular flexibility index (Phi) is 3.64. The highest BCUT2D eigenvalue weighted by molar-refractivity contribution is 5.38. The first kappa shape index (κ1) is 12.2. The van der Waals surface area contributed by atoms with E-state index in [0.29, 0.717) is 12.2 Å². The third-order valence-corrected chi connectivity index (χ3v) is 3.01. The Hall–Kier alpha value is -2.27. The molecular formula is C16H15NO. The molecule has 0 radical (unpaired) electrons. The quantitative estimate of drug-likeness (QED) is 0.814. The molecule has 0 saturated carbocycles. The van der Waals surface area contributed by atoms with Crippen LogP contribution in [0.1, 0.15) is 22.3 Å². The first-order chi connectivity index (χ1) is 8.70. The van der Waals surface area contributed by atoms with E-state index >= 15 is 0 Å². The molecule has 0 aliphatic heterocycles. The highest BCUT2D eigenvalue weighted by Gasteiger charge is 2.02. The fourth-order valence-corrected chi connectivity index (χ4v) is 1.77. The average molecular weight is 237 g/mol. The highest BCUT2D eigenvalue weighted by atomic mass is 16.5. The molecule has 0 aromatic heterocycles. The monoisotopic (exact) mass is 237 g/mol. The Morgan fingerprint density at radius 3 is 2.67 bits per heavy atom. The number of nitriles is 1. The Morgan fingerprint density at radius 1 is 1.11 bits per heavy atom. The van der Waals surface area contributed by atoms with Crippen molar-refractivity contribution >= 4 is 0 Å². The number of hydrogen-bond acceptors (Lipinski definition) is 2. The van der Waals surface area contributed by atoms with E-state index in [4.69, 9.17) is 10.00 Å². The van der Waals surface area contributed by atoms with E-state index < -0.39 is 0 Å². The van der Waals surface area contributed by atoms with Crippen molar-refractivity contribution in [2.75, 3.05) is 0 Å². The van der Waals surface area contributed by atoms with Crippen molar-refractivity contribution in [1.82, 2.24) is 0 Å². The molecule has 0 amide bonds. The maximum atomic E-state index is 8.84. The normalized spacial score (nSPS) is 9.83. The van der Waals surface area contributed by atoms with Gasteiger partial charge in [-0.05, 0) is 48.7 Å². The molecule has 0 bridgehead atoms. The Balaban J connectivity index is 2.12. The summed E-state index contributed by atoms with van der Waals surface area (Å²) < 4.78 is 5.79. The van der Waals surface area contributed by atoms with Gasteiger partial charge in [0.15, 0.2) is 0 Å². The van der Waals surface area contributed by atoms with Gasteiger partial charge < -0.3 is 4.74 Å². The molecule has 2 heteroatoms. The van der Waals surface area contributed by atoms with Gasteiger partial charge in [-0.15, -0.1) is 0 Å². The summed E-state index contributed by atoms with van der Waals surface area (Å²) in [6, 6.07) is 15.6. The van der Waals surface area contributed by atoms with E-state index in [9.17, 15) is 0 Å². The summed E-state index contributed by atoms with van der Waals surface area (Å²) in [5.74, 6) is 0.900. The molecule has 0 aliphatic carbocycles. The van der Waals surface area contributed by atoms with Crippen LogP contribution in [0.25, 0.3) is 0 Å². The second-order valence-electron chi connectivity index (χ2n) is 4.30. The van der Waals surface area contributed by atoms with E-state index in [1.807, 2.05) is 30.3 Å². The Bertz CT molecular complexity index is 596. The molecule has 0 fully saturated rings. The van der Waals surface area contributed by atoms with Crippen molar-refractivity contribution in [2.45, 2.75) is 20.5 Å². The van der Waals surface area contributed by atoms with Crippen LogP contribution in [0.5, 0.6) is 5.75 Å². The van der Waals surface area contributed by atoms with Crippen LogP contribution < -0.4 is 4.74 Å². The van der Waals surface area contributed by atoms with Crippen molar-refractivity contribution < 1.29 is 4.74 Å². The standard InChI is InChI=1S/C16H15NO/c1-12-5-3-8-16(13(12)2)18-11-15-7-4-6-14(9-15)10-17/h3-9H,11H2,1-2H3. The molecule has 2 rings (SSSR count). The average Bonchev–Trinajstić information content (AvgIpc) is 2.41. The van der Waals surface area contributed by atoms with E-state index in [1.165, 1.54) is 5.56 Å². The molecule has 0 spiro atoms. The number of nitrogens with zero attached hydrogens (tertiary/aromatic N) is 1. The third kappa shape index (κ3) is 2.70. The maximum absolute atomic E-state index is 8.84. The number of hydrogen-bond donors (Lipinski definition) is 0. The van der Waals surface area contributed by atoms with E-state index in [1.54, 1.807) is 6.07 Å². The molecule has 0 unspecified atom stereocenters. The number of aryl methyl sites for hydroxylation is 1. The molecule has 0 heterocycles. The van der Waals surface area contributed by atoms with Gasteiger partial charge in [-0.2, -0.15) is 5.26 Å². The fourth-order valence-electron chi connectivity index (χ4n) is 1.77. The first-order valence-electron chi connectivity index (χ1n) is 5.89. The molecule has 0 N–H and O–H groups in total. The topological polar surface area (TPSA) is 33.0 Å². The van der Waals surface area contributed by atoms with Crippen LogP contribution in [0.4, 0.5) is 0 Å². The van der Waals surface area contributed by atoms with E-state index in [2.05, 4.69) is 26.0 Å². The predicted octanol–water partition coefficient (Wildman–Crippen LogP) is 3.75. The molecule has 90 valence electrons. The van der Waals surface area contributed by atoms with Gasteiger partial charge in [-0.1, -0.05) is 24.3 Å². The Labute approximate surface area is 107 Å². The molecule has 0 saturated heterocycles. The lowest BCUT2D eigenvalue weighted by Crippen LogP contribution is -1.98. The van der Waals surface area contributed by atoms with Crippen molar-refractivity contribution in [3.05, 3.63) is 64.7 Å². The van der Waals surface area contributed by atoms with Gasteiger partial charge in [0.2, 0.25) is 0 Å². The van der Waals surface area contributed by atoms with Crippen LogP contribution in [-0.2, 0) is 6.61 Å². The summed E-state index contributed by atoms with van der Waals surface area (Å²) in [5.41, 5.74) is 4.05. The summed E-state index contributed by atoms with van der Waals surface area (Å²) in [6.07, 6.45) is 0. The second kappa shape index (κ2) is 5.37. The van der Waals surface area contributed by atoms with Gasteiger partial charge in [0, 0.05) is 0 Å². The van der Waals surface area contributed by atoms with Crippen molar-refractivity contribution in [3.8, 4) is 11.8 Å². The van der Waals surface area contributed by atoms with Crippen molar-refractivity contribution in [2.24, 2.45) is 0 Å². The van der Waals surface area contributed by atoms with Crippen LogP contribution >= 0.6 is 0 Å². The van der Waals surface area contributed by atoms with Crippen molar-refractivity contribution in [1.29, 1.82) is 5.26 Å². The molecule has 0 aliphatic rings. The zero-order chi connectivity index (χ0) is 13.0. The summed E-state index contributed by atoms with van der Waals surface area (Å²) in [7, 11) is 0. The van der Waals surface area contributed by atoms with Gasteiger partial charge in [0.25, 0.3) is 0 Å². The smallest absolute Gasteiger partial charge is 0.122 e. The zero-order valence-electron chi connectivity index (χ0n) is 10.6. The fraction of sp³-hybridized carbons (Fsp3) is 0.188. The molecule has 2 aromatic carbocycles. The minimum Gasteiger partial charge on any atom is -0.489 e. The van der Waals surface area contributed by atoms with Gasteiger partial charge in [0.1, 0.15) is 12.4 Å². The van der Waals surface area contributed by atoms with Crippen LogP contribution in [-0.4, -0.2) is 0 Å². The molecule has 2 nitrogen and oxygen atoms in total. The summed E-state index contributed by atoms with van der Waals surface area (Å²) in [6.45, 7) is 4.61. The highest BCUT2D eigenvalue weighted by Crippen LogP contribution is 2.21. The number of ether oxygens (including phenoxy) is 1. The SMILES string of the molecule is Cc1cccc(OCc2cccc(C#N)c2)c1C. The van der Waals surface area contributed by atoms with E-state index in [-0.39, 0.29) is 0 Å². The number of benzene rings is 2. The van der Waals surface area contributed by atoms with Gasteiger partial charge in [0.05, 0.1) is 11.6 Å². The lowest BCUT2D eigenvalue weighted by molar-refractivity contribution is 0.304. The summed E-state index contributed by atoms with van der Waals surface area (Å²) >= 11 is 0. The Morgan fingerprint density at radius 2 is 1.89 bits per heavy atom. The van der Waals surface area contributed by atoms with Gasteiger partial charge in [-0.3, -0.25) is 0 Å². The van der Waals surface area contributed by atoms with Crippen LogP contribution in [0, 0.1) is 25.2 Å². The van der Waals surface area contributed by atoms with E-state index in [0.717, 1.165) is 16.9 Å². The summed E-state index contributed by atoms with van der Waals surface area (Å²) in [5, 5.41) is 8.84. The lowest BCUT2D eigenvalue weighted by Gasteiger charge is -2.10. The lowest BCUT2D eigenvalue weighted by atomic mass is 10.1. The molecule has 18 heavy (non-hydrogen) atoms. The minimum atomic E-state index is 0.486. The van der Waals surface area contributed by atoms with Gasteiger partial charge in [-0.25, -0.2) is 0 Å². The first-order valence-corrected chi connectivity index (χ1v) is 5.89. The molecule has 2 aromatic rings. The molecule has 0 atom stereocenters. The number of rotatable bonds is 3. The maximum Gasteiger partial charge on any atom is 0.122 e. The van der Waals surface area contributed by atoms with Gasteiger partial charge >= 0.3 is 0 Å². The zero-order valence-corrected chi connectivity index (χ0v) is 10.6. The van der Waals surface area contributed by atoms with Crippen LogP contribution in [0.2, 0.25) is 0 Å². The summed E-state index contributed by atoms with van der Waals surface area (Å²) in [4.78, 5) is 0. The van der Waals surface area contributed by atoms with Crippen LogP contribution in [0.3, 0.4) is 0 Å². The van der Waals surface area contributed by atoms with Crippen molar-refractivity contribution in [3.63, 3.8) is 0 Å². The van der Waals surface area contributed by atoms with Crippen LogP contribution in [0.15, 0.2) is 42.5 Å². The third-order valence-electron chi connectivity index (χ3n) is 3.01. The predicted molar refractivity (Wildman–Crippen MR) is 71.4 cm³/mol.